The van der Waals surface area contributed by atoms with Crippen LogP contribution in [-0.2, 0) is 4.74 Å². The van der Waals surface area contributed by atoms with Crippen LogP contribution < -0.4 is 0 Å². The lowest BCUT2D eigenvalue weighted by atomic mass is 10.2. The Balaban J connectivity index is 1.76. The number of nitrogens with zero attached hydrogens (tertiary/aromatic N) is 2. The van der Waals surface area contributed by atoms with E-state index in [2.05, 4.69) is 30.7 Å². The molecular formula is C12H24N2O. The number of rotatable bonds is 4. The van der Waals surface area contributed by atoms with Crippen molar-refractivity contribution in [3.63, 3.8) is 0 Å². The Labute approximate surface area is 93.4 Å². The number of morpholine rings is 1. The lowest BCUT2D eigenvalue weighted by molar-refractivity contribution is -0.0503. The summed E-state index contributed by atoms with van der Waals surface area (Å²) in [5.41, 5.74) is 0. The highest BCUT2D eigenvalue weighted by molar-refractivity contribution is 4.85. The summed E-state index contributed by atoms with van der Waals surface area (Å²) >= 11 is 0. The first-order valence-electron chi connectivity index (χ1n) is 6.22. The summed E-state index contributed by atoms with van der Waals surface area (Å²) in [4.78, 5) is 4.99. The summed E-state index contributed by atoms with van der Waals surface area (Å²) < 4.78 is 5.82. The summed E-state index contributed by atoms with van der Waals surface area (Å²) in [6.45, 7) is 8.76. The fourth-order valence-corrected chi connectivity index (χ4v) is 2.31. The normalized spacial score (nSPS) is 29.0. The van der Waals surface area contributed by atoms with Crippen molar-refractivity contribution < 1.29 is 4.74 Å². The maximum Gasteiger partial charge on any atom is 0.0829 e. The van der Waals surface area contributed by atoms with Gasteiger partial charge in [-0.25, -0.2) is 0 Å². The van der Waals surface area contributed by atoms with Crippen LogP contribution in [0.1, 0.15) is 26.7 Å². The average Bonchev–Trinajstić information content (AvgIpc) is 3.01. The Hall–Kier alpha value is -0.120. The molecular weight excluding hydrogens is 188 g/mol. The Morgan fingerprint density at radius 3 is 2.73 bits per heavy atom. The van der Waals surface area contributed by atoms with Crippen LogP contribution in [0.3, 0.4) is 0 Å². The van der Waals surface area contributed by atoms with Crippen molar-refractivity contribution >= 4 is 0 Å². The van der Waals surface area contributed by atoms with Crippen molar-refractivity contribution in [1.29, 1.82) is 0 Å². The third kappa shape index (κ3) is 3.16. The van der Waals surface area contributed by atoms with E-state index in [1.807, 2.05) is 0 Å². The molecule has 0 bridgehead atoms. The summed E-state index contributed by atoms with van der Waals surface area (Å²) in [5, 5.41) is 0. The first-order chi connectivity index (χ1) is 7.16. The standard InChI is InChI=1S/C12H24N2O/c1-10(2)14-6-7-15-12(9-14)8-13(3)11-4-5-11/h10-12H,4-9H2,1-3H3/t12-/m0/s1. The largest absolute Gasteiger partial charge is 0.374 e. The summed E-state index contributed by atoms with van der Waals surface area (Å²) in [5.74, 6) is 0. The molecule has 2 aliphatic rings. The first kappa shape index (κ1) is 11.4. The molecule has 2 rings (SSSR count). The maximum absolute atomic E-state index is 5.82. The van der Waals surface area contributed by atoms with Crippen molar-refractivity contribution in [1.82, 2.24) is 9.80 Å². The van der Waals surface area contributed by atoms with Crippen molar-refractivity contribution in [2.24, 2.45) is 0 Å². The summed E-state index contributed by atoms with van der Waals surface area (Å²) in [6.07, 6.45) is 3.19. The second kappa shape index (κ2) is 4.81. The van der Waals surface area contributed by atoms with E-state index < -0.39 is 0 Å². The topological polar surface area (TPSA) is 15.7 Å². The average molecular weight is 212 g/mol. The Morgan fingerprint density at radius 2 is 2.13 bits per heavy atom. The van der Waals surface area contributed by atoms with E-state index in [0.29, 0.717) is 12.1 Å². The van der Waals surface area contributed by atoms with Crippen LogP contribution >= 0.6 is 0 Å². The van der Waals surface area contributed by atoms with Gasteiger partial charge >= 0.3 is 0 Å². The third-order valence-corrected chi connectivity index (χ3v) is 3.56. The van der Waals surface area contributed by atoms with Gasteiger partial charge < -0.3 is 9.64 Å². The van der Waals surface area contributed by atoms with Gasteiger partial charge in [0.1, 0.15) is 0 Å². The molecule has 0 radical (unpaired) electrons. The predicted molar refractivity (Wildman–Crippen MR) is 62.1 cm³/mol. The predicted octanol–water partition coefficient (Wildman–Crippen LogP) is 1.19. The Bertz CT molecular complexity index is 202. The van der Waals surface area contributed by atoms with Gasteiger partial charge in [-0.3, -0.25) is 4.90 Å². The Kier molecular flexibility index (Phi) is 3.65. The van der Waals surface area contributed by atoms with Crippen LogP contribution in [0.2, 0.25) is 0 Å². The number of likely N-dealkylation sites (N-methyl/N-ethyl adjacent to an activating group) is 1. The zero-order valence-corrected chi connectivity index (χ0v) is 10.3. The van der Waals surface area contributed by atoms with Crippen LogP contribution in [0.15, 0.2) is 0 Å². The first-order valence-corrected chi connectivity index (χ1v) is 6.22. The molecule has 0 amide bonds. The molecule has 0 aromatic carbocycles. The smallest absolute Gasteiger partial charge is 0.0829 e. The molecule has 0 spiro atoms. The van der Waals surface area contributed by atoms with Crippen LogP contribution in [0, 0.1) is 0 Å². The minimum atomic E-state index is 0.423. The van der Waals surface area contributed by atoms with Gasteiger partial charge in [0.15, 0.2) is 0 Å². The quantitative estimate of drug-likeness (QED) is 0.696. The summed E-state index contributed by atoms with van der Waals surface area (Å²) in [6, 6.07) is 1.51. The van der Waals surface area contributed by atoms with Crippen molar-refractivity contribution in [2.45, 2.75) is 44.9 Å². The molecule has 15 heavy (non-hydrogen) atoms. The van der Waals surface area contributed by atoms with Gasteiger partial charge in [0, 0.05) is 31.7 Å². The molecule has 0 aromatic rings. The molecule has 1 atom stereocenters. The van der Waals surface area contributed by atoms with Crippen molar-refractivity contribution in [3.05, 3.63) is 0 Å². The highest BCUT2D eigenvalue weighted by Crippen LogP contribution is 2.25. The van der Waals surface area contributed by atoms with E-state index in [1.165, 1.54) is 12.8 Å². The number of ether oxygens (including phenoxy) is 1. The Morgan fingerprint density at radius 1 is 1.40 bits per heavy atom. The lowest BCUT2D eigenvalue weighted by Gasteiger charge is -2.37. The number of hydrogen-bond donors (Lipinski definition) is 0. The zero-order valence-electron chi connectivity index (χ0n) is 10.3. The van der Waals surface area contributed by atoms with Crippen LogP contribution in [-0.4, -0.2) is 61.3 Å². The van der Waals surface area contributed by atoms with Crippen molar-refractivity contribution in [2.75, 3.05) is 33.3 Å². The lowest BCUT2D eigenvalue weighted by Crippen LogP contribution is -2.49. The van der Waals surface area contributed by atoms with Gasteiger partial charge in [0.05, 0.1) is 12.7 Å². The SMILES string of the molecule is CC(C)N1CCO[C@@H](CN(C)C2CC2)C1. The molecule has 3 heteroatoms. The van der Waals surface area contributed by atoms with Crippen LogP contribution in [0.5, 0.6) is 0 Å². The highest BCUT2D eigenvalue weighted by atomic mass is 16.5. The highest BCUT2D eigenvalue weighted by Gasteiger charge is 2.30. The van der Waals surface area contributed by atoms with E-state index in [0.717, 1.165) is 32.3 Å². The van der Waals surface area contributed by atoms with Gasteiger partial charge in [0.2, 0.25) is 0 Å². The fraction of sp³-hybridized carbons (Fsp3) is 1.00. The molecule has 1 aliphatic heterocycles. The zero-order chi connectivity index (χ0) is 10.8. The maximum atomic E-state index is 5.82. The van der Waals surface area contributed by atoms with Gasteiger partial charge in [-0.1, -0.05) is 0 Å². The summed E-state index contributed by atoms with van der Waals surface area (Å²) in [7, 11) is 2.23. The molecule has 1 aliphatic carbocycles. The molecule has 1 saturated carbocycles. The van der Waals surface area contributed by atoms with E-state index in [1.54, 1.807) is 0 Å². The molecule has 0 aromatic heterocycles. The van der Waals surface area contributed by atoms with E-state index >= 15 is 0 Å². The monoisotopic (exact) mass is 212 g/mol. The molecule has 0 N–H and O–H groups in total. The minimum Gasteiger partial charge on any atom is -0.374 e. The molecule has 3 nitrogen and oxygen atoms in total. The van der Waals surface area contributed by atoms with E-state index in [-0.39, 0.29) is 0 Å². The van der Waals surface area contributed by atoms with Crippen LogP contribution in [0.25, 0.3) is 0 Å². The number of hydrogen-bond acceptors (Lipinski definition) is 3. The fourth-order valence-electron chi connectivity index (χ4n) is 2.31. The second-order valence-electron chi connectivity index (χ2n) is 5.25. The van der Waals surface area contributed by atoms with E-state index in [9.17, 15) is 0 Å². The van der Waals surface area contributed by atoms with Gasteiger partial charge in [-0.05, 0) is 33.7 Å². The second-order valence-corrected chi connectivity index (χ2v) is 5.25. The molecule has 0 unspecified atom stereocenters. The van der Waals surface area contributed by atoms with Gasteiger partial charge in [-0.2, -0.15) is 0 Å². The van der Waals surface area contributed by atoms with Gasteiger partial charge in [-0.15, -0.1) is 0 Å². The molecule has 1 heterocycles. The molecule has 1 saturated heterocycles. The third-order valence-electron chi connectivity index (χ3n) is 3.56. The molecule has 88 valence electrons. The molecule has 2 fully saturated rings. The van der Waals surface area contributed by atoms with E-state index in [4.69, 9.17) is 4.74 Å². The van der Waals surface area contributed by atoms with Gasteiger partial charge in [0.25, 0.3) is 0 Å². The minimum absolute atomic E-state index is 0.423. The van der Waals surface area contributed by atoms with Crippen molar-refractivity contribution in [3.8, 4) is 0 Å². The van der Waals surface area contributed by atoms with Crippen LogP contribution in [0.4, 0.5) is 0 Å².